The number of aliphatic hydroxyl groups is 1. The SMILES string of the molecule is C=CC(=O)C(=C)O. The molecule has 0 aromatic heterocycles. The molecule has 0 aromatic rings. The lowest BCUT2D eigenvalue weighted by molar-refractivity contribution is -0.113. The van der Waals surface area contributed by atoms with Crippen LogP contribution in [0.1, 0.15) is 0 Å². The summed E-state index contributed by atoms with van der Waals surface area (Å²) in [6.07, 6.45) is 1.00. The van der Waals surface area contributed by atoms with Crippen molar-refractivity contribution in [2.24, 2.45) is 0 Å². The summed E-state index contributed by atoms with van der Waals surface area (Å²) >= 11 is 0. The van der Waals surface area contributed by atoms with Gasteiger partial charge in [0.2, 0.25) is 5.78 Å². The lowest BCUT2D eigenvalue weighted by Crippen LogP contribution is -1.92. The first-order valence-electron chi connectivity index (χ1n) is 1.73. The Morgan fingerprint density at radius 1 is 1.71 bits per heavy atom. The van der Waals surface area contributed by atoms with Crippen LogP contribution < -0.4 is 0 Å². The Morgan fingerprint density at radius 2 is 2.14 bits per heavy atom. The highest BCUT2D eigenvalue weighted by Crippen LogP contribution is 1.83. The highest BCUT2D eigenvalue weighted by molar-refractivity contribution is 6.01. The van der Waals surface area contributed by atoms with Crippen LogP contribution in [-0.2, 0) is 4.79 Å². The molecule has 0 aliphatic carbocycles. The zero-order valence-corrected chi connectivity index (χ0v) is 3.85. The van der Waals surface area contributed by atoms with E-state index in [0.717, 1.165) is 6.08 Å². The molecule has 1 N–H and O–H groups in total. The van der Waals surface area contributed by atoms with E-state index in [1.807, 2.05) is 0 Å². The van der Waals surface area contributed by atoms with Crippen molar-refractivity contribution in [3.05, 3.63) is 25.0 Å². The van der Waals surface area contributed by atoms with Crippen molar-refractivity contribution in [1.29, 1.82) is 0 Å². The van der Waals surface area contributed by atoms with Crippen LogP contribution in [0.5, 0.6) is 0 Å². The molecule has 0 aliphatic heterocycles. The van der Waals surface area contributed by atoms with Crippen LogP contribution in [0.2, 0.25) is 0 Å². The van der Waals surface area contributed by atoms with Gasteiger partial charge < -0.3 is 5.11 Å². The van der Waals surface area contributed by atoms with E-state index in [0.29, 0.717) is 0 Å². The maximum Gasteiger partial charge on any atom is 0.218 e. The number of hydrogen-bond donors (Lipinski definition) is 1. The van der Waals surface area contributed by atoms with Gasteiger partial charge in [-0.25, -0.2) is 0 Å². The summed E-state index contributed by atoms with van der Waals surface area (Å²) in [5.74, 6) is -0.991. The zero-order chi connectivity index (χ0) is 5.86. The Kier molecular flexibility index (Phi) is 1.85. The summed E-state index contributed by atoms with van der Waals surface area (Å²) in [7, 11) is 0. The highest BCUT2D eigenvalue weighted by atomic mass is 16.3. The third-order valence-electron chi connectivity index (χ3n) is 0.470. The van der Waals surface area contributed by atoms with Gasteiger partial charge in [-0.2, -0.15) is 0 Å². The largest absolute Gasteiger partial charge is 0.505 e. The van der Waals surface area contributed by atoms with Gasteiger partial charge in [0.05, 0.1) is 0 Å². The van der Waals surface area contributed by atoms with E-state index in [9.17, 15) is 4.79 Å². The fourth-order valence-electron chi connectivity index (χ4n) is 0.118. The van der Waals surface area contributed by atoms with Crippen LogP contribution in [0.25, 0.3) is 0 Å². The van der Waals surface area contributed by atoms with E-state index >= 15 is 0 Å². The summed E-state index contributed by atoms with van der Waals surface area (Å²) in [6, 6.07) is 0. The van der Waals surface area contributed by atoms with Crippen molar-refractivity contribution >= 4 is 5.78 Å². The smallest absolute Gasteiger partial charge is 0.218 e. The molecule has 0 rings (SSSR count). The lowest BCUT2D eigenvalue weighted by atomic mass is 10.3. The Labute approximate surface area is 41.8 Å². The highest BCUT2D eigenvalue weighted by Gasteiger charge is 1.93. The molecule has 0 amide bonds. The van der Waals surface area contributed by atoms with Crippen LogP contribution in [-0.4, -0.2) is 10.9 Å². The second-order valence-corrected chi connectivity index (χ2v) is 1.02. The van der Waals surface area contributed by atoms with Gasteiger partial charge in [0.25, 0.3) is 0 Å². The molecule has 0 aromatic carbocycles. The molecule has 0 atom stereocenters. The molecule has 0 bridgehead atoms. The van der Waals surface area contributed by atoms with Gasteiger partial charge in [0.15, 0.2) is 5.76 Å². The average molecular weight is 98.1 g/mol. The van der Waals surface area contributed by atoms with Crippen molar-refractivity contribution in [3.63, 3.8) is 0 Å². The molecule has 0 fully saturated rings. The van der Waals surface area contributed by atoms with Crippen LogP contribution in [0, 0.1) is 0 Å². The first kappa shape index (κ1) is 5.95. The second kappa shape index (κ2) is 2.18. The lowest BCUT2D eigenvalue weighted by Gasteiger charge is -1.82. The third-order valence-corrected chi connectivity index (χ3v) is 0.470. The molecule has 0 saturated heterocycles. The monoisotopic (exact) mass is 98.0 g/mol. The van der Waals surface area contributed by atoms with Gasteiger partial charge in [-0.05, 0) is 6.08 Å². The first-order chi connectivity index (χ1) is 3.18. The number of allylic oxidation sites excluding steroid dienone is 1. The molecular formula is C5H6O2. The number of carbonyl (C=O) groups excluding carboxylic acids is 1. The van der Waals surface area contributed by atoms with Crippen molar-refractivity contribution in [1.82, 2.24) is 0 Å². The third kappa shape index (κ3) is 1.76. The minimum atomic E-state index is -0.528. The van der Waals surface area contributed by atoms with Gasteiger partial charge in [0, 0.05) is 0 Å². The van der Waals surface area contributed by atoms with Crippen molar-refractivity contribution in [3.8, 4) is 0 Å². The van der Waals surface area contributed by atoms with E-state index in [4.69, 9.17) is 5.11 Å². The summed E-state index contributed by atoms with van der Waals surface area (Å²) in [5.41, 5.74) is 0. The minimum Gasteiger partial charge on any atom is -0.505 e. The van der Waals surface area contributed by atoms with Gasteiger partial charge in [-0.3, -0.25) is 4.79 Å². The normalized spacial score (nSPS) is 7.43. The van der Waals surface area contributed by atoms with Gasteiger partial charge >= 0.3 is 0 Å². The fourth-order valence-corrected chi connectivity index (χ4v) is 0.118. The predicted molar refractivity (Wildman–Crippen MR) is 27.0 cm³/mol. The molecule has 0 heterocycles. The maximum atomic E-state index is 10.0. The Bertz CT molecular complexity index is 113. The molecular weight excluding hydrogens is 92.1 g/mol. The van der Waals surface area contributed by atoms with Crippen LogP contribution in [0.4, 0.5) is 0 Å². The van der Waals surface area contributed by atoms with Gasteiger partial charge in [-0.15, -0.1) is 0 Å². The second-order valence-electron chi connectivity index (χ2n) is 1.02. The predicted octanol–water partition coefficient (Wildman–Crippen LogP) is 0.813. The maximum absolute atomic E-state index is 10.0. The molecule has 0 unspecified atom stereocenters. The summed E-state index contributed by atoms with van der Waals surface area (Å²) in [5, 5.41) is 8.21. The van der Waals surface area contributed by atoms with Crippen molar-refractivity contribution in [2.45, 2.75) is 0 Å². The molecule has 0 aliphatic rings. The van der Waals surface area contributed by atoms with Crippen molar-refractivity contribution < 1.29 is 9.90 Å². The van der Waals surface area contributed by atoms with E-state index in [1.165, 1.54) is 0 Å². The Balaban J connectivity index is 3.81. The number of carbonyl (C=O) groups is 1. The van der Waals surface area contributed by atoms with E-state index in [1.54, 1.807) is 0 Å². The summed E-state index contributed by atoms with van der Waals surface area (Å²) in [6.45, 7) is 6.07. The van der Waals surface area contributed by atoms with Crippen LogP contribution in [0.15, 0.2) is 25.0 Å². The van der Waals surface area contributed by atoms with Gasteiger partial charge in [-0.1, -0.05) is 13.2 Å². The first-order valence-corrected chi connectivity index (χ1v) is 1.73. The van der Waals surface area contributed by atoms with Crippen LogP contribution in [0.3, 0.4) is 0 Å². The zero-order valence-electron chi connectivity index (χ0n) is 3.85. The molecule has 7 heavy (non-hydrogen) atoms. The summed E-state index contributed by atoms with van der Waals surface area (Å²) in [4.78, 5) is 10.0. The number of aliphatic hydroxyl groups excluding tert-OH is 1. The molecule has 0 spiro atoms. The number of rotatable bonds is 2. The molecule has 2 heteroatoms. The van der Waals surface area contributed by atoms with Crippen LogP contribution >= 0.6 is 0 Å². The standard InChI is InChI=1S/C5H6O2/c1-3-5(7)4(2)6/h3,6H,1-2H2. The average Bonchev–Trinajstić information content (AvgIpc) is 1.65. The fraction of sp³-hybridized carbons (Fsp3) is 0. The van der Waals surface area contributed by atoms with E-state index in [2.05, 4.69) is 13.2 Å². The van der Waals surface area contributed by atoms with Crippen molar-refractivity contribution in [2.75, 3.05) is 0 Å². The summed E-state index contributed by atoms with van der Waals surface area (Å²) < 4.78 is 0. The quantitative estimate of drug-likeness (QED) is 0.410. The Hall–Kier alpha value is -1.05. The van der Waals surface area contributed by atoms with E-state index < -0.39 is 11.5 Å². The molecule has 38 valence electrons. The van der Waals surface area contributed by atoms with Gasteiger partial charge in [0.1, 0.15) is 0 Å². The topological polar surface area (TPSA) is 37.3 Å². The molecule has 2 nitrogen and oxygen atoms in total. The Morgan fingerprint density at radius 3 is 2.14 bits per heavy atom. The number of hydrogen-bond acceptors (Lipinski definition) is 2. The molecule has 0 saturated carbocycles. The van der Waals surface area contributed by atoms with E-state index in [-0.39, 0.29) is 0 Å². The molecule has 0 radical (unpaired) electrons. The minimum absolute atomic E-state index is 0.463. The number of ketones is 1.